The van der Waals surface area contributed by atoms with Gasteiger partial charge in [-0.25, -0.2) is 0 Å². The van der Waals surface area contributed by atoms with E-state index >= 15 is 0 Å². The molecule has 1 unspecified atom stereocenters. The van der Waals surface area contributed by atoms with Gasteiger partial charge < -0.3 is 10.2 Å². The third kappa shape index (κ3) is 7.34. The van der Waals surface area contributed by atoms with E-state index in [0.717, 1.165) is 12.5 Å². The normalized spacial score (nSPS) is 14.4. The molecule has 0 aliphatic rings. The first-order valence-electron chi connectivity index (χ1n) is 5.87. The van der Waals surface area contributed by atoms with Crippen LogP contribution in [0.25, 0.3) is 0 Å². The Morgan fingerprint density at radius 1 is 1.07 bits per heavy atom. The molecule has 0 bridgehead atoms. The Labute approximate surface area is 90.1 Å². The highest BCUT2D eigenvalue weighted by molar-refractivity contribution is 4.66. The maximum absolute atomic E-state index is 3.46. The van der Waals surface area contributed by atoms with Gasteiger partial charge in [0.1, 0.15) is 0 Å². The molecule has 14 heavy (non-hydrogen) atoms. The Kier molecular flexibility index (Phi) is 7.20. The zero-order chi connectivity index (χ0) is 11.1. The van der Waals surface area contributed by atoms with E-state index in [1.54, 1.807) is 0 Å². The summed E-state index contributed by atoms with van der Waals surface area (Å²) in [5, 5.41) is 3.46. The van der Waals surface area contributed by atoms with Gasteiger partial charge in [0.05, 0.1) is 0 Å². The van der Waals surface area contributed by atoms with Gasteiger partial charge in [-0.05, 0) is 32.9 Å². The monoisotopic (exact) mass is 200 g/mol. The van der Waals surface area contributed by atoms with E-state index in [4.69, 9.17) is 0 Å². The van der Waals surface area contributed by atoms with Gasteiger partial charge in [0.25, 0.3) is 0 Å². The third-order valence-electron chi connectivity index (χ3n) is 2.52. The van der Waals surface area contributed by atoms with Gasteiger partial charge in [0.15, 0.2) is 0 Å². The van der Waals surface area contributed by atoms with Crippen LogP contribution in [0.5, 0.6) is 0 Å². The summed E-state index contributed by atoms with van der Waals surface area (Å²) in [4.78, 5) is 2.45. The topological polar surface area (TPSA) is 15.3 Å². The lowest BCUT2D eigenvalue weighted by Crippen LogP contribution is -2.35. The van der Waals surface area contributed by atoms with Crippen LogP contribution >= 0.6 is 0 Å². The van der Waals surface area contributed by atoms with Crippen molar-refractivity contribution in [3.8, 4) is 0 Å². The van der Waals surface area contributed by atoms with Crippen molar-refractivity contribution in [1.82, 2.24) is 10.2 Å². The first kappa shape index (κ1) is 13.9. The van der Waals surface area contributed by atoms with Crippen molar-refractivity contribution in [2.24, 2.45) is 5.92 Å². The molecule has 86 valence electrons. The summed E-state index contributed by atoms with van der Waals surface area (Å²) < 4.78 is 0. The van der Waals surface area contributed by atoms with Gasteiger partial charge in [-0.3, -0.25) is 0 Å². The number of hydrogen-bond acceptors (Lipinski definition) is 2. The summed E-state index contributed by atoms with van der Waals surface area (Å²) >= 11 is 0. The van der Waals surface area contributed by atoms with Gasteiger partial charge in [-0.15, -0.1) is 0 Å². The summed E-state index contributed by atoms with van der Waals surface area (Å²) in [5.74, 6) is 0.764. The Balaban J connectivity index is 3.56. The summed E-state index contributed by atoms with van der Waals surface area (Å²) in [6, 6.07) is 1.29. The molecule has 0 heterocycles. The van der Waals surface area contributed by atoms with Crippen molar-refractivity contribution < 1.29 is 0 Å². The lowest BCUT2D eigenvalue weighted by molar-refractivity contribution is 0.219. The Morgan fingerprint density at radius 2 is 1.64 bits per heavy atom. The van der Waals surface area contributed by atoms with Gasteiger partial charge in [-0.2, -0.15) is 0 Å². The quantitative estimate of drug-likeness (QED) is 0.678. The smallest absolute Gasteiger partial charge is 0.00760 e. The Hall–Kier alpha value is -0.0800. The second-order valence-corrected chi connectivity index (χ2v) is 5.08. The molecule has 2 nitrogen and oxygen atoms in total. The van der Waals surface area contributed by atoms with E-state index in [2.05, 4.69) is 51.9 Å². The van der Waals surface area contributed by atoms with Crippen molar-refractivity contribution in [3.63, 3.8) is 0 Å². The zero-order valence-corrected chi connectivity index (χ0v) is 10.8. The molecule has 0 aromatic carbocycles. The summed E-state index contributed by atoms with van der Waals surface area (Å²) in [6.45, 7) is 13.6. The predicted molar refractivity (Wildman–Crippen MR) is 64.7 cm³/mol. The van der Waals surface area contributed by atoms with Crippen LogP contribution in [0.4, 0.5) is 0 Å². The van der Waals surface area contributed by atoms with Crippen LogP contribution in [0.1, 0.15) is 41.0 Å². The van der Waals surface area contributed by atoms with Crippen LogP contribution in [0.15, 0.2) is 0 Å². The molecule has 1 atom stereocenters. The maximum Gasteiger partial charge on any atom is 0.00760 e. The molecule has 0 rings (SSSR count). The van der Waals surface area contributed by atoms with Crippen LogP contribution in [0.3, 0.4) is 0 Å². The van der Waals surface area contributed by atoms with Crippen LogP contribution in [-0.4, -0.2) is 37.1 Å². The summed E-state index contributed by atoms with van der Waals surface area (Å²) in [7, 11) is 2.22. The third-order valence-corrected chi connectivity index (χ3v) is 2.52. The fraction of sp³-hybridized carbons (Fsp3) is 1.00. The zero-order valence-electron chi connectivity index (χ0n) is 10.8. The highest BCUT2D eigenvalue weighted by atomic mass is 15.1. The van der Waals surface area contributed by atoms with Crippen molar-refractivity contribution in [2.75, 3.05) is 20.1 Å². The first-order chi connectivity index (χ1) is 6.43. The number of nitrogens with zero attached hydrogens (tertiary/aromatic N) is 1. The van der Waals surface area contributed by atoms with Gasteiger partial charge in [-0.1, -0.05) is 27.7 Å². The van der Waals surface area contributed by atoms with E-state index in [1.807, 2.05) is 0 Å². The average Bonchev–Trinajstić information content (AvgIpc) is 2.01. The maximum atomic E-state index is 3.46. The second-order valence-electron chi connectivity index (χ2n) is 5.08. The molecule has 0 aliphatic heterocycles. The fourth-order valence-corrected chi connectivity index (χ4v) is 1.56. The number of hydrogen-bond donors (Lipinski definition) is 1. The Bertz CT molecular complexity index is 132. The summed E-state index contributed by atoms with van der Waals surface area (Å²) in [6.07, 6.45) is 1.24. The number of nitrogens with one attached hydrogen (secondary N) is 1. The first-order valence-corrected chi connectivity index (χ1v) is 5.87. The van der Waals surface area contributed by atoms with Crippen molar-refractivity contribution >= 4 is 0 Å². The molecule has 0 saturated heterocycles. The predicted octanol–water partition coefficient (Wildman–Crippen LogP) is 2.35. The van der Waals surface area contributed by atoms with Crippen LogP contribution in [-0.2, 0) is 0 Å². The van der Waals surface area contributed by atoms with Crippen molar-refractivity contribution in [3.05, 3.63) is 0 Å². The molecule has 0 radical (unpaired) electrons. The Morgan fingerprint density at radius 3 is 2.07 bits per heavy atom. The van der Waals surface area contributed by atoms with Gasteiger partial charge in [0, 0.05) is 18.6 Å². The average molecular weight is 200 g/mol. The molecule has 0 fully saturated rings. The fourth-order valence-electron chi connectivity index (χ4n) is 1.56. The molecular formula is C12H28N2. The van der Waals surface area contributed by atoms with Crippen LogP contribution in [0, 0.1) is 5.92 Å². The second kappa shape index (κ2) is 7.24. The van der Waals surface area contributed by atoms with Crippen molar-refractivity contribution in [1.29, 1.82) is 0 Å². The van der Waals surface area contributed by atoms with E-state index in [9.17, 15) is 0 Å². The molecule has 2 heteroatoms. The van der Waals surface area contributed by atoms with Gasteiger partial charge in [0.2, 0.25) is 0 Å². The van der Waals surface area contributed by atoms with E-state index in [1.165, 1.54) is 13.0 Å². The molecule has 0 aromatic rings. The lowest BCUT2D eigenvalue weighted by Gasteiger charge is -2.26. The molecular weight excluding hydrogens is 172 g/mol. The van der Waals surface area contributed by atoms with Gasteiger partial charge >= 0.3 is 0 Å². The largest absolute Gasteiger partial charge is 0.314 e. The molecule has 0 amide bonds. The minimum Gasteiger partial charge on any atom is -0.314 e. The van der Waals surface area contributed by atoms with E-state index in [0.29, 0.717) is 12.1 Å². The molecule has 1 N–H and O–H groups in total. The SMILES string of the molecule is CC(C)CN(C)C(C)CCNC(C)C. The van der Waals surface area contributed by atoms with Crippen LogP contribution < -0.4 is 5.32 Å². The molecule has 0 aromatic heterocycles. The molecule has 0 spiro atoms. The van der Waals surface area contributed by atoms with E-state index in [-0.39, 0.29) is 0 Å². The minimum absolute atomic E-state index is 0.609. The highest BCUT2D eigenvalue weighted by Crippen LogP contribution is 2.04. The van der Waals surface area contributed by atoms with Crippen molar-refractivity contribution in [2.45, 2.75) is 53.1 Å². The standard InChI is InChI=1S/C12H28N2/c1-10(2)9-14(6)12(5)7-8-13-11(3)4/h10-13H,7-9H2,1-6H3. The summed E-state index contributed by atoms with van der Waals surface area (Å²) in [5.41, 5.74) is 0. The van der Waals surface area contributed by atoms with E-state index < -0.39 is 0 Å². The lowest BCUT2D eigenvalue weighted by atomic mass is 10.1. The number of rotatable bonds is 7. The minimum atomic E-state index is 0.609. The highest BCUT2D eigenvalue weighted by Gasteiger charge is 2.09. The van der Waals surface area contributed by atoms with Crippen LogP contribution in [0.2, 0.25) is 0 Å². The molecule has 0 aliphatic carbocycles. The molecule has 0 saturated carbocycles.